The van der Waals surface area contributed by atoms with Gasteiger partial charge in [0.25, 0.3) is 0 Å². The summed E-state index contributed by atoms with van der Waals surface area (Å²) in [5.41, 5.74) is 2.34. The van der Waals surface area contributed by atoms with Gasteiger partial charge in [-0.3, -0.25) is 0 Å². The minimum absolute atomic E-state index is 0.310. The number of aliphatic hydroxyl groups excluding tert-OH is 1. The highest BCUT2D eigenvalue weighted by Gasteiger charge is 2.07. The highest BCUT2D eigenvalue weighted by atomic mass is 16.5. The Morgan fingerprint density at radius 3 is 2.83 bits per heavy atom. The second kappa shape index (κ2) is 8.11. The van der Waals surface area contributed by atoms with Crippen molar-refractivity contribution in [2.24, 2.45) is 0 Å². The minimum atomic E-state index is -0.310. The zero-order valence-corrected chi connectivity index (χ0v) is 11.7. The second-order valence-electron chi connectivity index (χ2n) is 4.73. The fourth-order valence-corrected chi connectivity index (χ4v) is 1.79. The number of aryl methyl sites for hydroxylation is 1. The number of benzene rings is 1. The van der Waals surface area contributed by atoms with Crippen molar-refractivity contribution in [3.8, 4) is 5.75 Å². The Balaban J connectivity index is 2.61. The van der Waals surface area contributed by atoms with Crippen LogP contribution >= 0.6 is 0 Å². The van der Waals surface area contributed by atoms with E-state index >= 15 is 0 Å². The van der Waals surface area contributed by atoms with Gasteiger partial charge in [0.2, 0.25) is 0 Å². The molecule has 2 N–H and O–H groups in total. The van der Waals surface area contributed by atoms with Gasteiger partial charge < -0.3 is 15.2 Å². The van der Waals surface area contributed by atoms with Gasteiger partial charge in [-0.1, -0.05) is 25.1 Å². The second-order valence-corrected chi connectivity index (χ2v) is 4.73. The van der Waals surface area contributed by atoms with Gasteiger partial charge in [0.05, 0.1) is 12.7 Å². The summed E-state index contributed by atoms with van der Waals surface area (Å²) >= 11 is 0. The SMILES string of the molecule is CCCNCc1cccc(C)c1OCCC(C)O. The zero-order chi connectivity index (χ0) is 13.4. The lowest BCUT2D eigenvalue weighted by molar-refractivity contribution is 0.155. The monoisotopic (exact) mass is 251 g/mol. The molecule has 0 saturated heterocycles. The van der Waals surface area contributed by atoms with Gasteiger partial charge in [-0.05, 0) is 32.4 Å². The molecule has 0 fully saturated rings. The minimum Gasteiger partial charge on any atom is -0.493 e. The van der Waals surface area contributed by atoms with Crippen LogP contribution in [-0.2, 0) is 6.54 Å². The molecule has 1 unspecified atom stereocenters. The van der Waals surface area contributed by atoms with Crippen LogP contribution in [0.3, 0.4) is 0 Å². The number of hydrogen-bond acceptors (Lipinski definition) is 3. The summed E-state index contributed by atoms with van der Waals surface area (Å²) in [5, 5.41) is 12.6. The van der Waals surface area contributed by atoms with E-state index in [2.05, 4.69) is 37.4 Å². The summed E-state index contributed by atoms with van der Waals surface area (Å²) < 4.78 is 5.81. The molecule has 1 atom stereocenters. The fraction of sp³-hybridized carbons (Fsp3) is 0.600. The van der Waals surface area contributed by atoms with Crippen molar-refractivity contribution in [3.63, 3.8) is 0 Å². The molecule has 0 radical (unpaired) electrons. The Morgan fingerprint density at radius 2 is 2.17 bits per heavy atom. The van der Waals surface area contributed by atoms with Crippen molar-refractivity contribution < 1.29 is 9.84 Å². The molecule has 1 rings (SSSR count). The summed E-state index contributed by atoms with van der Waals surface area (Å²) in [6.07, 6.45) is 1.48. The van der Waals surface area contributed by atoms with Crippen LogP contribution in [0.15, 0.2) is 18.2 Å². The highest BCUT2D eigenvalue weighted by Crippen LogP contribution is 2.23. The van der Waals surface area contributed by atoms with Crippen molar-refractivity contribution in [1.29, 1.82) is 0 Å². The number of para-hydroxylation sites is 1. The lowest BCUT2D eigenvalue weighted by Crippen LogP contribution is -2.16. The van der Waals surface area contributed by atoms with Crippen LogP contribution in [0.25, 0.3) is 0 Å². The van der Waals surface area contributed by atoms with Crippen LogP contribution in [0, 0.1) is 6.92 Å². The lowest BCUT2D eigenvalue weighted by atomic mass is 10.1. The summed E-state index contributed by atoms with van der Waals surface area (Å²) in [6.45, 7) is 8.40. The van der Waals surface area contributed by atoms with E-state index in [1.165, 1.54) is 5.56 Å². The summed E-state index contributed by atoms with van der Waals surface area (Å²) in [5.74, 6) is 0.960. The summed E-state index contributed by atoms with van der Waals surface area (Å²) in [6, 6.07) is 6.20. The Hall–Kier alpha value is -1.06. The largest absolute Gasteiger partial charge is 0.493 e. The summed E-state index contributed by atoms with van der Waals surface area (Å²) in [7, 11) is 0. The maximum absolute atomic E-state index is 9.25. The van der Waals surface area contributed by atoms with Crippen molar-refractivity contribution in [1.82, 2.24) is 5.32 Å². The molecule has 1 aromatic carbocycles. The molecule has 0 aliphatic carbocycles. The van der Waals surface area contributed by atoms with Crippen molar-refractivity contribution in [2.45, 2.75) is 46.3 Å². The molecule has 1 aromatic rings. The van der Waals surface area contributed by atoms with Crippen LogP contribution in [0.4, 0.5) is 0 Å². The van der Waals surface area contributed by atoms with E-state index in [-0.39, 0.29) is 6.10 Å². The highest BCUT2D eigenvalue weighted by molar-refractivity contribution is 5.40. The number of rotatable bonds is 8. The molecule has 0 aliphatic rings. The van der Waals surface area contributed by atoms with Crippen molar-refractivity contribution >= 4 is 0 Å². The molecular formula is C15H25NO2. The average molecular weight is 251 g/mol. The Kier molecular flexibility index (Phi) is 6.76. The molecule has 3 heteroatoms. The van der Waals surface area contributed by atoms with E-state index in [4.69, 9.17) is 4.74 Å². The van der Waals surface area contributed by atoms with Crippen molar-refractivity contribution in [3.05, 3.63) is 29.3 Å². The van der Waals surface area contributed by atoms with Gasteiger partial charge in [0.1, 0.15) is 5.75 Å². The van der Waals surface area contributed by atoms with E-state index in [9.17, 15) is 5.11 Å². The topological polar surface area (TPSA) is 41.5 Å². The van der Waals surface area contributed by atoms with Gasteiger partial charge in [0.15, 0.2) is 0 Å². The van der Waals surface area contributed by atoms with Crippen LogP contribution in [0.5, 0.6) is 5.75 Å². The molecule has 0 aromatic heterocycles. The van der Waals surface area contributed by atoms with Crippen LogP contribution < -0.4 is 10.1 Å². The molecule has 0 amide bonds. The third kappa shape index (κ3) is 5.07. The van der Waals surface area contributed by atoms with Gasteiger partial charge in [-0.2, -0.15) is 0 Å². The molecular weight excluding hydrogens is 226 g/mol. The molecule has 0 saturated carbocycles. The molecule has 102 valence electrons. The van der Waals surface area contributed by atoms with Gasteiger partial charge in [-0.25, -0.2) is 0 Å². The maximum Gasteiger partial charge on any atom is 0.126 e. The standard InChI is InChI=1S/C15H25NO2/c1-4-9-16-11-14-7-5-6-12(2)15(14)18-10-8-13(3)17/h5-7,13,16-17H,4,8-11H2,1-3H3. The first kappa shape index (κ1) is 15.0. The van der Waals surface area contributed by atoms with E-state index in [0.717, 1.165) is 30.8 Å². The predicted molar refractivity (Wildman–Crippen MR) is 75.0 cm³/mol. The van der Waals surface area contributed by atoms with Gasteiger partial charge in [0, 0.05) is 18.5 Å². The maximum atomic E-state index is 9.25. The first-order valence-electron chi connectivity index (χ1n) is 6.75. The van der Waals surface area contributed by atoms with Gasteiger partial charge >= 0.3 is 0 Å². The number of ether oxygens (including phenoxy) is 1. The number of aliphatic hydroxyl groups is 1. The smallest absolute Gasteiger partial charge is 0.126 e. The fourth-order valence-electron chi connectivity index (χ4n) is 1.79. The molecule has 0 aliphatic heterocycles. The average Bonchev–Trinajstić information content (AvgIpc) is 2.32. The van der Waals surface area contributed by atoms with E-state index in [0.29, 0.717) is 13.0 Å². The predicted octanol–water partition coefficient (Wildman–Crippen LogP) is 2.64. The van der Waals surface area contributed by atoms with Crippen LogP contribution in [0.2, 0.25) is 0 Å². The van der Waals surface area contributed by atoms with Gasteiger partial charge in [-0.15, -0.1) is 0 Å². The molecule has 0 spiro atoms. The van der Waals surface area contributed by atoms with Crippen molar-refractivity contribution in [2.75, 3.05) is 13.2 Å². The molecule has 0 heterocycles. The quantitative estimate of drug-likeness (QED) is 0.698. The Labute approximate surface area is 110 Å². The number of hydrogen-bond donors (Lipinski definition) is 2. The van der Waals surface area contributed by atoms with E-state index in [1.807, 2.05) is 0 Å². The summed E-state index contributed by atoms with van der Waals surface area (Å²) in [4.78, 5) is 0. The Morgan fingerprint density at radius 1 is 1.39 bits per heavy atom. The van der Waals surface area contributed by atoms with Crippen LogP contribution in [0.1, 0.15) is 37.8 Å². The number of nitrogens with one attached hydrogen (secondary N) is 1. The third-order valence-electron chi connectivity index (χ3n) is 2.82. The first-order chi connectivity index (χ1) is 8.65. The molecule has 3 nitrogen and oxygen atoms in total. The third-order valence-corrected chi connectivity index (χ3v) is 2.82. The van der Waals surface area contributed by atoms with E-state index in [1.54, 1.807) is 6.92 Å². The van der Waals surface area contributed by atoms with E-state index < -0.39 is 0 Å². The molecule has 0 bridgehead atoms. The molecule has 18 heavy (non-hydrogen) atoms. The Bertz CT molecular complexity index is 350. The zero-order valence-electron chi connectivity index (χ0n) is 11.7. The first-order valence-corrected chi connectivity index (χ1v) is 6.75. The van der Waals surface area contributed by atoms with Crippen LogP contribution in [-0.4, -0.2) is 24.4 Å². The normalized spacial score (nSPS) is 12.4. The lowest BCUT2D eigenvalue weighted by Gasteiger charge is -2.15.